The molecule has 2 rings (SSSR count). The average Bonchev–Trinajstić information content (AvgIpc) is 2.76. The van der Waals surface area contributed by atoms with Crippen LogP contribution in [0, 0.1) is 0 Å². The van der Waals surface area contributed by atoms with Crippen LogP contribution in [0.25, 0.3) is 0 Å². The highest BCUT2D eigenvalue weighted by atomic mass is 31.2. The number of ether oxygens (including phenoxy) is 1. The number of hydrogen-bond donors (Lipinski definition) is 4. The third-order valence-electron chi connectivity index (χ3n) is 5.18. The van der Waals surface area contributed by atoms with Crippen molar-refractivity contribution in [2.45, 2.75) is 44.3 Å². The van der Waals surface area contributed by atoms with Crippen molar-refractivity contribution in [1.82, 2.24) is 0 Å². The number of phosphoric ester groups is 1. The number of nitrogens with two attached hydrogens (primary N) is 1. The fourth-order valence-corrected chi connectivity index (χ4v) is 3.53. The lowest BCUT2D eigenvalue weighted by atomic mass is 9.93. The Morgan fingerprint density at radius 2 is 1.61 bits per heavy atom. The van der Waals surface area contributed by atoms with Gasteiger partial charge in [-0.3, -0.25) is 4.52 Å². The number of aryl methyl sites for hydroxylation is 2. The van der Waals surface area contributed by atoms with E-state index in [1.54, 1.807) is 0 Å². The van der Waals surface area contributed by atoms with Gasteiger partial charge in [-0.15, -0.1) is 0 Å². The summed E-state index contributed by atoms with van der Waals surface area (Å²) in [6, 6.07) is 11.4. The molecule has 33 heavy (non-hydrogen) atoms. The number of hydrogen-bond acceptors (Lipinski definition) is 5. The van der Waals surface area contributed by atoms with Crippen molar-refractivity contribution in [1.29, 1.82) is 0 Å². The van der Waals surface area contributed by atoms with Crippen molar-refractivity contribution in [3.05, 3.63) is 64.7 Å². The second-order valence-electron chi connectivity index (χ2n) is 7.88. The minimum atomic E-state index is -4.80. The van der Waals surface area contributed by atoms with Crippen molar-refractivity contribution < 1.29 is 41.9 Å². The first-order chi connectivity index (χ1) is 15.3. The summed E-state index contributed by atoms with van der Waals surface area (Å²) in [4.78, 5) is 17.6. The summed E-state index contributed by atoms with van der Waals surface area (Å²) in [6.07, 6.45) is -3.33. The Labute approximate surface area is 190 Å². The predicted octanol–water partition coefficient (Wildman–Crippen LogP) is 3.62. The largest absolute Gasteiger partial charge is 0.493 e. The Morgan fingerprint density at radius 3 is 2.15 bits per heavy atom. The zero-order chi connectivity index (χ0) is 24.7. The first kappa shape index (κ1) is 27.3. The molecule has 0 aliphatic heterocycles. The van der Waals surface area contributed by atoms with E-state index in [9.17, 15) is 22.8 Å². The van der Waals surface area contributed by atoms with E-state index < -0.39 is 38.3 Å². The number of aliphatic hydroxyl groups excluding tert-OH is 1. The molecule has 0 saturated heterocycles. The molecule has 2 aromatic rings. The molecule has 0 aromatic heterocycles. The first-order valence-electron chi connectivity index (χ1n) is 10.4. The quantitative estimate of drug-likeness (QED) is 0.335. The number of phosphoric acid groups is 1. The Kier molecular flexibility index (Phi) is 9.48. The lowest BCUT2D eigenvalue weighted by molar-refractivity contribution is -0.139. The fraction of sp³-hybridized carbons (Fsp3) is 0.455. The van der Waals surface area contributed by atoms with Crippen LogP contribution in [0.5, 0.6) is 5.75 Å². The summed E-state index contributed by atoms with van der Waals surface area (Å²) in [5.74, 6) is -0.289. The number of rotatable bonds is 12. The maximum absolute atomic E-state index is 13.6. The van der Waals surface area contributed by atoms with Gasteiger partial charge in [-0.1, -0.05) is 37.3 Å². The van der Waals surface area contributed by atoms with Crippen LogP contribution < -0.4 is 10.5 Å². The van der Waals surface area contributed by atoms with E-state index in [0.717, 1.165) is 18.1 Å². The van der Waals surface area contributed by atoms with Gasteiger partial charge in [0.1, 0.15) is 5.75 Å². The lowest BCUT2D eigenvalue weighted by Gasteiger charge is -2.27. The lowest BCUT2D eigenvalue weighted by Crippen LogP contribution is -2.48. The molecule has 0 radical (unpaired) electrons. The second kappa shape index (κ2) is 11.5. The highest BCUT2D eigenvalue weighted by Crippen LogP contribution is 2.38. The molecule has 11 heteroatoms. The van der Waals surface area contributed by atoms with Crippen molar-refractivity contribution in [2.75, 3.05) is 19.8 Å². The van der Waals surface area contributed by atoms with Gasteiger partial charge in [0.25, 0.3) is 0 Å². The van der Waals surface area contributed by atoms with E-state index in [-0.39, 0.29) is 30.8 Å². The highest BCUT2D eigenvalue weighted by molar-refractivity contribution is 7.46. The maximum atomic E-state index is 13.6. The monoisotopic (exact) mass is 491 g/mol. The molecule has 2 aromatic carbocycles. The maximum Gasteiger partial charge on any atom is 0.469 e. The molecule has 0 amide bonds. The van der Waals surface area contributed by atoms with E-state index in [1.807, 2.05) is 31.2 Å². The van der Waals surface area contributed by atoms with E-state index in [1.165, 1.54) is 17.7 Å². The Hall–Kier alpha value is -1.94. The van der Waals surface area contributed by atoms with Crippen LogP contribution >= 0.6 is 7.82 Å². The zero-order valence-electron chi connectivity index (χ0n) is 18.2. The fourth-order valence-electron chi connectivity index (χ4n) is 3.10. The summed E-state index contributed by atoms with van der Waals surface area (Å²) < 4.78 is 61.4. The van der Waals surface area contributed by atoms with Crippen molar-refractivity contribution >= 4 is 7.82 Å². The SMILES string of the molecule is CCc1ccc(CCOc2ccc(CCC(N)(CO)COP(=O)(O)O)cc2C(F)(F)F)cc1. The molecule has 0 fully saturated rings. The zero-order valence-corrected chi connectivity index (χ0v) is 19.1. The van der Waals surface area contributed by atoms with Crippen molar-refractivity contribution in [2.24, 2.45) is 5.73 Å². The van der Waals surface area contributed by atoms with E-state index in [2.05, 4.69) is 4.52 Å². The van der Waals surface area contributed by atoms with Gasteiger partial charge in [-0.05, 0) is 48.1 Å². The van der Waals surface area contributed by atoms with Gasteiger partial charge in [0.15, 0.2) is 0 Å². The first-order valence-corrected chi connectivity index (χ1v) is 11.9. The standard InChI is InChI=1S/C22H29F3NO6P/c1-2-16-3-5-17(6-4-16)10-12-31-20-8-7-18(13-19(20)22(23,24)25)9-11-21(26,14-27)15-32-33(28,29)30/h3-8,13,27H,2,9-12,14-15,26H2,1H3,(H2,28,29,30). The van der Waals surface area contributed by atoms with Crippen molar-refractivity contribution in [3.63, 3.8) is 0 Å². The van der Waals surface area contributed by atoms with E-state index in [0.29, 0.717) is 6.42 Å². The van der Waals surface area contributed by atoms with Crippen LogP contribution in [0.1, 0.15) is 35.6 Å². The molecule has 1 unspecified atom stereocenters. The molecule has 0 bridgehead atoms. The minimum absolute atomic E-state index is 0.0225. The van der Waals surface area contributed by atoms with Crippen LogP contribution in [0.4, 0.5) is 13.2 Å². The summed E-state index contributed by atoms with van der Waals surface area (Å²) >= 11 is 0. The molecular formula is C22H29F3NO6P. The number of alkyl halides is 3. The number of aliphatic hydroxyl groups is 1. The van der Waals surface area contributed by atoms with Gasteiger partial charge < -0.3 is 25.4 Å². The molecule has 7 nitrogen and oxygen atoms in total. The molecule has 0 heterocycles. The highest BCUT2D eigenvalue weighted by Gasteiger charge is 2.35. The topological polar surface area (TPSA) is 122 Å². The van der Waals surface area contributed by atoms with Crippen LogP contribution in [-0.4, -0.2) is 40.3 Å². The second-order valence-corrected chi connectivity index (χ2v) is 9.12. The third kappa shape index (κ3) is 9.08. The molecule has 184 valence electrons. The van der Waals surface area contributed by atoms with E-state index >= 15 is 0 Å². The average molecular weight is 491 g/mol. The molecular weight excluding hydrogens is 462 g/mol. The molecule has 0 saturated carbocycles. The van der Waals surface area contributed by atoms with Crippen LogP contribution in [0.2, 0.25) is 0 Å². The Bertz CT molecular complexity index is 948. The molecule has 5 N–H and O–H groups in total. The van der Waals surface area contributed by atoms with Gasteiger partial charge in [-0.25, -0.2) is 4.57 Å². The van der Waals surface area contributed by atoms with Gasteiger partial charge >= 0.3 is 14.0 Å². The van der Waals surface area contributed by atoms with Gasteiger partial charge in [0.05, 0.1) is 30.9 Å². The smallest absolute Gasteiger partial charge is 0.469 e. The van der Waals surface area contributed by atoms with Gasteiger partial charge in [0.2, 0.25) is 0 Å². The Morgan fingerprint density at radius 1 is 1.00 bits per heavy atom. The summed E-state index contributed by atoms with van der Waals surface area (Å²) in [7, 11) is -4.80. The van der Waals surface area contributed by atoms with Crippen molar-refractivity contribution in [3.8, 4) is 5.75 Å². The molecule has 0 aliphatic rings. The minimum Gasteiger partial charge on any atom is -0.493 e. The molecule has 1 atom stereocenters. The van der Waals surface area contributed by atoms with Gasteiger partial charge in [0, 0.05) is 6.42 Å². The molecule has 0 aliphatic carbocycles. The van der Waals surface area contributed by atoms with Crippen LogP contribution in [-0.2, 0) is 34.5 Å². The Balaban J connectivity index is 2.06. The predicted molar refractivity (Wildman–Crippen MR) is 117 cm³/mol. The van der Waals surface area contributed by atoms with Gasteiger partial charge in [-0.2, -0.15) is 13.2 Å². The number of halogens is 3. The third-order valence-corrected chi connectivity index (χ3v) is 5.64. The van der Waals surface area contributed by atoms with E-state index in [4.69, 9.17) is 20.3 Å². The summed E-state index contributed by atoms with van der Waals surface area (Å²) in [6.45, 7) is 0.790. The summed E-state index contributed by atoms with van der Waals surface area (Å²) in [5, 5.41) is 9.45. The number of benzene rings is 2. The molecule has 0 spiro atoms. The van der Waals surface area contributed by atoms with Crippen LogP contribution in [0.3, 0.4) is 0 Å². The van der Waals surface area contributed by atoms with Crippen LogP contribution in [0.15, 0.2) is 42.5 Å². The summed E-state index contributed by atoms with van der Waals surface area (Å²) in [5.41, 5.74) is 5.83. The normalized spacial score (nSPS) is 14.2.